The molecule has 1 N–H and O–H groups in total. The molecule has 2 aromatic carbocycles. The number of anilines is 2. The van der Waals surface area contributed by atoms with E-state index in [0.29, 0.717) is 43.0 Å². The third kappa shape index (κ3) is 7.61. The van der Waals surface area contributed by atoms with Crippen LogP contribution >= 0.6 is 0 Å². The van der Waals surface area contributed by atoms with Crippen LogP contribution in [0.2, 0.25) is 18.6 Å². The highest BCUT2D eigenvalue weighted by molar-refractivity contribution is 6.72. The van der Waals surface area contributed by atoms with Gasteiger partial charge < -0.3 is 28.7 Å². The van der Waals surface area contributed by atoms with E-state index in [4.69, 9.17) is 4.74 Å². The van der Waals surface area contributed by atoms with Crippen molar-refractivity contribution in [1.29, 1.82) is 0 Å². The lowest BCUT2D eigenvalue weighted by Gasteiger charge is -2.31. The van der Waals surface area contributed by atoms with Crippen molar-refractivity contribution in [3.8, 4) is 0 Å². The van der Waals surface area contributed by atoms with Crippen LogP contribution in [0.3, 0.4) is 0 Å². The maximum Gasteiger partial charge on any atom is 0.264 e. The molecule has 10 heteroatoms. The third-order valence-corrected chi connectivity index (χ3v) is 12.8. The Bertz CT molecular complexity index is 1600. The number of aliphatic hydroxyl groups is 1. The molecule has 3 heterocycles. The number of fused-ring (bicyclic) bond motifs is 2. The number of ether oxygens (including phenoxy) is 1. The van der Waals surface area contributed by atoms with Crippen molar-refractivity contribution >= 4 is 37.5 Å². The van der Waals surface area contributed by atoms with E-state index in [2.05, 4.69) is 32.9 Å². The lowest BCUT2D eigenvalue weighted by molar-refractivity contribution is -0.149. The number of amides is 3. The maximum absolute atomic E-state index is 16.5. The van der Waals surface area contributed by atoms with Gasteiger partial charge in [0.15, 0.2) is 5.60 Å². The van der Waals surface area contributed by atoms with Gasteiger partial charge in [0, 0.05) is 55.3 Å². The SMILES string of the molecule is CC(C)=CCC/C(C)=C/CN1C(=O)[C@@]2(O[C@@H](CC(=O)N(CCO)Cc3ccccc3)[C@H]([Si](C)(C)F)[C@H]2C)c2cc(N3CCCC3=O)ccc21. The molecule has 0 radical (unpaired) electrons. The minimum Gasteiger partial charge on any atom is -0.395 e. The summed E-state index contributed by atoms with van der Waals surface area (Å²) in [6.07, 6.45) is 6.33. The molecule has 1 spiro atoms. The minimum absolute atomic E-state index is 0.0338. The molecular weight excluding hydrogens is 638 g/mol. The van der Waals surface area contributed by atoms with Crippen molar-refractivity contribution in [3.63, 3.8) is 0 Å². The van der Waals surface area contributed by atoms with Crippen molar-refractivity contribution in [2.75, 3.05) is 36.0 Å². The summed E-state index contributed by atoms with van der Waals surface area (Å²) >= 11 is 0. The Kier molecular flexibility index (Phi) is 11.3. The molecule has 0 unspecified atom stereocenters. The lowest BCUT2D eigenvalue weighted by Crippen LogP contribution is -2.45. The zero-order valence-electron chi connectivity index (χ0n) is 29.9. The number of carbonyl (C=O) groups is 3. The fraction of sp³-hybridized carbons (Fsp3) is 0.513. The largest absolute Gasteiger partial charge is 0.395 e. The number of nitrogens with zero attached hydrogens (tertiary/aromatic N) is 3. The van der Waals surface area contributed by atoms with Crippen LogP contribution in [-0.2, 0) is 31.3 Å². The Morgan fingerprint density at radius 1 is 1.12 bits per heavy atom. The Labute approximate surface area is 291 Å². The molecule has 2 saturated heterocycles. The van der Waals surface area contributed by atoms with Gasteiger partial charge in [0.1, 0.15) is 0 Å². The molecule has 264 valence electrons. The highest BCUT2D eigenvalue weighted by atomic mass is 28.4. The topological polar surface area (TPSA) is 90.4 Å². The molecule has 8 nitrogen and oxygen atoms in total. The number of benzene rings is 2. The first-order chi connectivity index (χ1) is 23.3. The Balaban J connectivity index is 1.52. The standard InChI is InChI=1S/C39H52FN3O5Si/c1-27(2)12-10-13-28(3)19-21-43-33-18-17-31(42-20-11-16-35(42)45)24-32(33)39(38(43)47)29(4)37(49(5,6)40)34(48-39)25-36(46)41(22-23-44)26-30-14-8-7-9-15-30/h7-9,12,14-15,17-19,24,29,34,37,44H,10-11,13,16,20-23,25-26H2,1-6H3/b28-19+/t29-,34+,37-,39+/m1/s1. The molecule has 4 atom stereocenters. The third-order valence-electron chi connectivity index (χ3n) is 10.4. The number of aliphatic hydroxyl groups excluding tert-OH is 1. The normalized spacial score (nSPS) is 23.8. The van der Waals surface area contributed by atoms with Gasteiger partial charge in [-0.2, -0.15) is 0 Å². The molecule has 49 heavy (non-hydrogen) atoms. The highest BCUT2D eigenvalue weighted by Crippen LogP contribution is 2.60. The molecule has 3 aliphatic heterocycles. The second-order valence-corrected chi connectivity index (χ2v) is 18.4. The van der Waals surface area contributed by atoms with Crippen molar-refractivity contribution in [1.82, 2.24) is 4.90 Å². The van der Waals surface area contributed by atoms with E-state index >= 15 is 4.11 Å². The van der Waals surface area contributed by atoms with Crippen molar-refractivity contribution in [2.45, 2.75) is 96.7 Å². The van der Waals surface area contributed by atoms with Gasteiger partial charge in [-0.15, -0.1) is 0 Å². The van der Waals surface area contributed by atoms with Crippen LogP contribution in [0.1, 0.15) is 70.9 Å². The first kappa shape index (κ1) is 36.7. The monoisotopic (exact) mass is 689 g/mol. The Hall–Kier alpha value is -3.60. The molecule has 0 aromatic heterocycles. The predicted molar refractivity (Wildman–Crippen MR) is 194 cm³/mol. The van der Waals surface area contributed by atoms with Gasteiger partial charge in [0.2, 0.25) is 20.2 Å². The summed E-state index contributed by atoms with van der Waals surface area (Å²) in [7, 11) is -3.52. The number of carbonyl (C=O) groups excluding carboxylic acids is 3. The van der Waals surface area contributed by atoms with Gasteiger partial charge >= 0.3 is 0 Å². The van der Waals surface area contributed by atoms with Crippen molar-refractivity contribution < 1.29 is 28.3 Å². The van der Waals surface area contributed by atoms with E-state index in [1.807, 2.05) is 55.5 Å². The zero-order valence-corrected chi connectivity index (χ0v) is 30.9. The summed E-state index contributed by atoms with van der Waals surface area (Å²) in [6, 6.07) is 15.2. The van der Waals surface area contributed by atoms with Gasteiger partial charge in [-0.25, -0.2) is 0 Å². The quantitative estimate of drug-likeness (QED) is 0.139. The summed E-state index contributed by atoms with van der Waals surface area (Å²) < 4.78 is 23.4. The molecule has 0 saturated carbocycles. The van der Waals surface area contributed by atoms with E-state index in [1.54, 1.807) is 27.8 Å². The molecule has 3 amide bonds. The van der Waals surface area contributed by atoms with Gasteiger partial charge in [-0.05, 0) is 76.9 Å². The maximum atomic E-state index is 16.5. The van der Waals surface area contributed by atoms with Crippen LogP contribution in [0.15, 0.2) is 71.8 Å². The second kappa shape index (κ2) is 15.1. The molecule has 0 aliphatic carbocycles. The lowest BCUT2D eigenvalue weighted by atomic mass is 9.82. The summed E-state index contributed by atoms with van der Waals surface area (Å²) in [5.41, 5.74) is 3.20. The van der Waals surface area contributed by atoms with Crippen LogP contribution in [0.5, 0.6) is 0 Å². The molecule has 5 rings (SSSR count). The first-order valence-electron chi connectivity index (χ1n) is 17.6. The first-order valence-corrected chi connectivity index (χ1v) is 20.6. The van der Waals surface area contributed by atoms with E-state index in [1.165, 1.54) is 5.57 Å². The molecule has 3 aliphatic rings. The van der Waals surface area contributed by atoms with Crippen LogP contribution in [0, 0.1) is 5.92 Å². The summed E-state index contributed by atoms with van der Waals surface area (Å²) in [6.45, 7) is 12.5. The number of halogens is 1. The minimum atomic E-state index is -3.52. The van der Waals surface area contributed by atoms with E-state index in [0.717, 1.165) is 30.4 Å². The summed E-state index contributed by atoms with van der Waals surface area (Å²) in [4.78, 5) is 46.6. The number of hydrogen-bond acceptors (Lipinski definition) is 5. The molecule has 0 bridgehead atoms. The Morgan fingerprint density at radius 2 is 1.86 bits per heavy atom. The fourth-order valence-corrected chi connectivity index (χ4v) is 10.5. The van der Waals surface area contributed by atoms with E-state index in [9.17, 15) is 19.5 Å². The number of hydrogen-bond donors (Lipinski definition) is 1. The van der Waals surface area contributed by atoms with Gasteiger partial charge in [0.05, 0.1) is 24.8 Å². The number of allylic oxidation sites excluding steroid dienone is 3. The molecule has 2 aromatic rings. The average molecular weight is 690 g/mol. The second-order valence-electron chi connectivity index (χ2n) is 14.6. The van der Waals surface area contributed by atoms with Gasteiger partial charge in [0.25, 0.3) is 5.91 Å². The van der Waals surface area contributed by atoms with Crippen LogP contribution < -0.4 is 9.80 Å². The average Bonchev–Trinajstić information content (AvgIpc) is 3.68. The Morgan fingerprint density at radius 3 is 2.49 bits per heavy atom. The van der Waals surface area contributed by atoms with E-state index < -0.39 is 31.6 Å². The van der Waals surface area contributed by atoms with Crippen LogP contribution in [-0.4, -0.2) is 68.5 Å². The summed E-state index contributed by atoms with van der Waals surface area (Å²) in [5, 5.41) is 9.82. The zero-order chi connectivity index (χ0) is 35.5. The highest BCUT2D eigenvalue weighted by Gasteiger charge is 2.67. The van der Waals surface area contributed by atoms with E-state index in [-0.39, 0.29) is 37.3 Å². The summed E-state index contributed by atoms with van der Waals surface area (Å²) in [5.74, 6) is -1.06. The number of rotatable bonds is 13. The molecular formula is C39H52FN3O5Si. The van der Waals surface area contributed by atoms with Crippen LogP contribution in [0.4, 0.5) is 15.5 Å². The predicted octanol–water partition coefficient (Wildman–Crippen LogP) is 7.04. The fourth-order valence-electron chi connectivity index (χ4n) is 7.96. The van der Waals surface area contributed by atoms with Crippen molar-refractivity contribution in [3.05, 3.63) is 83.0 Å². The van der Waals surface area contributed by atoms with Gasteiger partial charge in [-0.3, -0.25) is 14.4 Å². The van der Waals surface area contributed by atoms with Crippen molar-refractivity contribution in [2.24, 2.45) is 5.92 Å². The van der Waals surface area contributed by atoms with Crippen LogP contribution in [0.25, 0.3) is 0 Å². The van der Waals surface area contributed by atoms with Gasteiger partial charge in [-0.1, -0.05) is 60.6 Å². The molecule has 2 fully saturated rings. The smallest absolute Gasteiger partial charge is 0.264 e.